The van der Waals surface area contributed by atoms with Crippen LogP contribution in [0.2, 0.25) is 0 Å². The first-order valence-electron chi connectivity index (χ1n) is 3.94. The minimum absolute atomic E-state index is 0.0785. The Bertz CT molecular complexity index is 290. The van der Waals surface area contributed by atoms with Gasteiger partial charge in [-0.05, 0) is 18.6 Å². The highest BCUT2D eigenvalue weighted by molar-refractivity contribution is 5.69. The van der Waals surface area contributed by atoms with E-state index in [1.54, 1.807) is 13.0 Å². The van der Waals surface area contributed by atoms with Gasteiger partial charge in [0.05, 0.1) is 19.8 Å². The van der Waals surface area contributed by atoms with Crippen molar-refractivity contribution in [2.45, 2.75) is 19.4 Å². The molecule has 0 saturated heterocycles. The second kappa shape index (κ2) is 4.09. The first-order chi connectivity index (χ1) is 6.15. The molecule has 1 atom stereocenters. The lowest BCUT2D eigenvalue weighted by atomic mass is 10.1. The molecule has 4 heteroatoms. The van der Waals surface area contributed by atoms with Crippen molar-refractivity contribution in [3.63, 3.8) is 0 Å². The lowest BCUT2D eigenvalue weighted by molar-refractivity contribution is -0.143. The number of hydrogen-bond donors (Lipinski definition) is 1. The monoisotopic (exact) mass is 184 g/mol. The Morgan fingerprint density at radius 3 is 2.92 bits per heavy atom. The summed E-state index contributed by atoms with van der Waals surface area (Å²) >= 11 is 0. The van der Waals surface area contributed by atoms with Crippen LogP contribution in [-0.2, 0) is 9.53 Å². The van der Waals surface area contributed by atoms with Crippen molar-refractivity contribution in [2.24, 2.45) is 0 Å². The molecule has 13 heavy (non-hydrogen) atoms. The summed E-state index contributed by atoms with van der Waals surface area (Å²) in [5.74, 6) is -0.0336. The Kier molecular flexibility index (Phi) is 3.08. The molecule has 1 aromatic rings. The third-order valence-electron chi connectivity index (χ3n) is 1.79. The molecule has 0 unspecified atom stereocenters. The molecule has 0 aliphatic heterocycles. The van der Waals surface area contributed by atoms with Crippen LogP contribution in [0.25, 0.3) is 0 Å². The summed E-state index contributed by atoms with van der Waals surface area (Å²) in [6.45, 7) is 1.80. The molecule has 0 aliphatic rings. The molecule has 1 rings (SSSR count). The van der Waals surface area contributed by atoms with Crippen molar-refractivity contribution < 1.29 is 19.1 Å². The molecule has 0 fully saturated rings. The first-order valence-corrected chi connectivity index (χ1v) is 3.94. The van der Waals surface area contributed by atoms with E-state index in [0.717, 1.165) is 5.56 Å². The van der Waals surface area contributed by atoms with E-state index in [4.69, 9.17) is 4.42 Å². The Balaban J connectivity index is 2.63. The summed E-state index contributed by atoms with van der Waals surface area (Å²) in [7, 11) is 1.28. The van der Waals surface area contributed by atoms with Crippen molar-refractivity contribution in [1.29, 1.82) is 0 Å². The number of furan rings is 1. The van der Waals surface area contributed by atoms with Gasteiger partial charge in [-0.2, -0.15) is 0 Å². The van der Waals surface area contributed by atoms with Gasteiger partial charge in [0, 0.05) is 0 Å². The Morgan fingerprint density at radius 1 is 1.77 bits per heavy atom. The summed E-state index contributed by atoms with van der Waals surface area (Å²) in [6.07, 6.45) is 0.484. The Morgan fingerprint density at radius 2 is 2.46 bits per heavy atom. The van der Waals surface area contributed by atoms with Gasteiger partial charge in [0.2, 0.25) is 0 Å². The predicted octanol–water partition coefficient (Wildman–Crippen LogP) is 1.18. The van der Waals surface area contributed by atoms with E-state index in [0.29, 0.717) is 5.76 Å². The molecule has 0 amide bonds. The van der Waals surface area contributed by atoms with Gasteiger partial charge >= 0.3 is 5.97 Å². The van der Waals surface area contributed by atoms with E-state index in [-0.39, 0.29) is 6.42 Å². The molecular formula is C9H12O4. The maximum atomic E-state index is 10.8. The van der Waals surface area contributed by atoms with E-state index in [2.05, 4.69) is 4.74 Å². The normalized spacial score (nSPS) is 12.5. The molecule has 0 bridgehead atoms. The van der Waals surface area contributed by atoms with Crippen molar-refractivity contribution in [2.75, 3.05) is 7.11 Å². The van der Waals surface area contributed by atoms with Gasteiger partial charge in [0.1, 0.15) is 11.9 Å². The molecule has 0 saturated carbocycles. The quantitative estimate of drug-likeness (QED) is 0.716. The zero-order valence-corrected chi connectivity index (χ0v) is 7.61. The van der Waals surface area contributed by atoms with Gasteiger partial charge in [-0.1, -0.05) is 0 Å². The smallest absolute Gasteiger partial charge is 0.308 e. The van der Waals surface area contributed by atoms with Crippen LogP contribution in [0.1, 0.15) is 23.8 Å². The van der Waals surface area contributed by atoms with Gasteiger partial charge < -0.3 is 14.3 Å². The van der Waals surface area contributed by atoms with Gasteiger partial charge in [-0.15, -0.1) is 0 Å². The third kappa shape index (κ3) is 2.32. The average molecular weight is 184 g/mol. The van der Waals surface area contributed by atoms with Crippen LogP contribution in [0.4, 0.5) is 0 Å². The van der Waals surface area contributed by atoms with Crippen LogP contribution in [0.3, 0.4) is 0 Å². The van der Waals surface area contributed by atoms with Crippen LogP contribution in [0.5, 0.6) is 0 Å². The van der Waals surface area contributed by atoms with Gasteiger partial charge in [0.25, 0.3) is 0 Å². The van der Waals surface area contributed by atoms with Crippen molar-refractivity contribution in [3.05, 3.63) is 23.7 Å². The first kappa shape index (κ1) is 9.80. The number of aryl methyl sites for hydroxylation is 1. The van der Waals surface area contributed by atoms with Crippen LogP contribution in [-0.4, -0.2) is 18.2 Å². The van der Waals surface area contributed by atoms with Crippen LogP contribution in [0, 0.1) is 6.92 Å². The molecule has 72 valence electrons. The van der Waals surface area contributed by atoms with E-state index < -0.39 is 12.1 Å². The largest absolute Gasteiger partial charge is 0.469 e. The zero-order valence-electron chi connectivity index (χ0n) is 7.61. The molecule has 0 spiro atoms. The van der Waals surface area contributed by atoms with Crippen LogP contribution in [0.15, 0.2) is 16.7 Å². The summed E-state index contributed by atoms with van der Waals surface area (Å²) in [5, 5.41) is 9.50. The summed E-state index contributed by atoms with van der Waals surface area (Å²) in [5.41, 5.74) is 0.830. The molecule has 0 aliphatic carbocycles. The fourth-order valence-corrected chi connectivity index (χ4v) is 1.06. The number of aliphatic hydroxyl groups excluding tert-OH is 1. The molecule has 1 heterocycles. The highest BCUT2D eigenvalue weighted by Gasteiger charge is 2.17. The number of hydrogen-bond acceptors (Lipinski definition) is 4. The second-order valence-corrected chi connectivity index (χ2v) is 2.76. The highest BCUT2D eigenvalue weighted by Crippen LogP contribution is 2.21. The number of methoxy groups -OCH3 is 1. The molecule has 0 radical (unpaired) electrons. The fourth-order valence-electron chi connectivity index (χ4n) is 1.06. The molecule has 1 aromatic heterocycles. The second-order valence-electron chi connectivity index (χ2n) is 2.76. The maximum Gasteiger partial charge on any atom is 0.308 e. The topological polar surface area (TPSA) is 59.7 Å². The van der Waals surface area contributed by atoms with E-state index in [1.165, 1.54) is 13.4 Å². The minimum Gasteiger partial charge on any atom is -0.469 e. The van der Waals surface area contributed by atoms with E-state index >= 15 is 0 Å². The highest BCUT2D eigenvalue weighted by atomic mass is 16.5. The maximum absolute atomic E-state index is 10.8. The predicted molar refractivity (Wildman–Crippen MR) is 45.0 cm³/mol. The van der Waals surface area contributed by atoms with E-state index in [1.807, 2.05) is 0 Å². The molecular weight excluding hydrogens is 172 g/mol. The number of esters is 1. The van der Waals surface area contributed by atoms with Crippen molar-refractivity contribution >= 4 is 5.97 Å². The number of rotatable bonds is 3. The number of ether oxygens (including phenoxy) is 1. The number of carbonyl (C=O) groups is 1. The zero-order chi connectivity index (χ0) is 9.84. The third-order valence-corrected chi connectivity index (χ3v) is 1.79. The molecule has 1 N–H and O–H groups in total. The summed E-state index contributed by atoms with van der Waals surface area (Å²) in [4.78, 5) is 10.8. The SMILES string of the molecule is COC(=O)C[C@H](O)c1occc1C. The minimum atomic E-state index is -0.914. The van der Waals surface area contributed by atoms with Gasteiger partial charge in [0.15, 0.2) is 0 Å². The summed E-state index contributed by atoms with van der Waals surface area (Å²) in [6, 6.07) is 1.73. The van der Waals surface area contributed by atoms with Crippen LogP contribution >= 0.6 is 0 Å². The van der Waals surface area contributed by atoms with Crippen molar-refractivity contribution in [3.8, 4) is 0 Å². The fraction of sp³-hybridized carbons (Fsp3) is 0.444. The Hall–Kier alpha value is -1.29. The van der Waals surface area contributed by atoms with Gasteiger partial charge in [-0.25, -0.2) is 0 Å². The number of carbonyl (C=O) groups excluding carboxylic acids is 1. The van der Waals surface area contributed by atoms with Crippen molar-refractivity contribution in [1.82, 2.24) is 0 Å². The number of aliphatic hydroxyl groups is 1. The standard InChI is InChI=1S/C9H12O4/c1-6-3-4-13-9(6)7(10)5-8(11)12-2/h3-4,7,10H,5H2,1-2H3/t7-/m0/s1. The average Bonchev–Trinajstić information content (AvgIpc) is 2.51. The molecule has 0 aromatic carbocycles. The lowest BCUT2D eigenvalue weighted by Crippen LogP contribution is -2.08. The summed E-state index contributed by atoms with van der Waals surface area (Å²) < 4.78 is 9.43. The Labute approximate surface area is 76.1 Å². The van der Waals surface area contributed by atoms with Crippen LogP contribution < -0.4 is 0 Å². The van der Waals surface area contributed by atoms with Gasteiger partial charge in [-0.3, -0.25) is 4.79 Å². The van der Waals surface area contributed by atoms with E-state index in [9.17, 15) is 9.90 Å². The molecule has 4 nitrogen and oxygen atoms in total. The lowest BCUT2D eigenvalue weighted by Gasteiger charge is -2.06.